The Bertz CT molecular complexity index is 1240. The van der Waals surface area contributed by atoms with E-state index in [1.165, 1.54) is 12.1 Å². The van der Waals surface area contributed by atoms with Crippen molar-refractivity contribution in [1.82, 2.24) is 10.6 Å². The molecule has 2 N–H and O–H groups in total. The van der Waals surface area contributed by atoms with Crippen LogP contribution in [0.5, 0.6) is 0 Å². The third-order valence-electron chi connectivity index (χ3n) is 6.87. The lowest BCUT2D eigenvalue weighted by molar-refractivity contribution is -0.153. The van der Waals surface area contributed by atoms with Crippen LogP contribution in [0, 0.1) is 18.6 Å². The van der Waals surface area contributed by atoms with Crippen molar-refractivity contribution in [2.45, 2.75) is 44.2 Å². The Morgan fingerprint density at radius 1 is 1.00 bits per heavy atom. The predicted molar refractivity (Wildman–Crippen MR) is 133 cm³/mol. The number of alkyl halides is 3. The van der Waals surface area contributed by atoms with Gasteiger partial charge < -0.3 is 10.6 Å². The van der Waals surface area contributed by atoms with Crippen LogP contribution in [0.4, 0.5) is 22.0 Å². The molecule has 0 radical (unpaired) electrons. The summed E-state index contributed by atoms with van der Waals surface area (Å²) in [6, 6.07) is 17.4. The van der Waals surface area contributed by atoms with Crippen LogP contribution in [0.2, 0.25) is 0 Å². The normalized spacial score (nSPS) is 18.0. The van der Waals surface area contributed by atoms with Crippen molar-refractivity contribution in [3.63, 3.8) is 0 Å². The van der Waals surface area contributed by atoms with Crippen LogP contribution in [0.3, 0.4) is 0 Å². The lowest BCUT2D eigenvalue weighted by Crippen LogP contribution is -2.34. The Morgan fingerprint density at radius 2 is 1.73 bits per heavy atom. The summed E-state index contributed by atoms with van der Waals surface area (Å²) in [5.41, 5.74) is 5.60. The summed E-state index contributed by atoms with van der Waals surface area (Å²) in [5, 5.41) is 5.74. The van der Waals surface area contributed by atoms with Gasteiger partial charge in [-0.2, -0.15) is 13.2 Å². The predicted octanol–water partition coefficient (Wildman–Crippen LogP) is 6.41. The molecule has 0 aliphatic carbocycles. The van der Waals surface area contributed by atoms with Crippen molar-refractivity contribution in [2.24, 2.45) is 0 Å². The van der Waals surface area contributed by atoms with Crippen LogP contribution < -0.4 is 10.6 Å². The molecule has 3 nitrogen and oxygen atoms in total. The molecule has 1 amide bonds. The highest BCUT2D eigenvalue weighted by molar-refractivity contribution is 5.76. The van der Waals surface area contributed by atoms with Crippen LogP contribution >= 0.6 is 0 Å². The van der Waals surface area contributed by atoms with E-state index in [2.05, 4.69) is 16.7 Å². The van der Waals surface area contributed by atoms with Gasteiger partial charge in [-0.25, -0.2) is 8.78 Å². The number of rotatable bonds is 7. The van der Waals surface area contributed by atoms with Crippen LogP contribution in [-0.4, -0.2) is 31.7 Å². The second kappa shape index (κ2) is 11.4. The standard InChI is InChI=1S/C29H29F5N2O/c1-18-12-20(25-5-3-2-4-19(25)8-11-36-28(37)16-29(32,33)34)6-7-24(18)27-17-35-10-9-26(27)21-13-22(30)15-23(31)14-21/h2-7,12-15,26-27,35H,8-11,16-17H2,1H3,(H,36,37)/t26-,27-/m1/s1. The fraction of sp³-hybridized carbons (Fsp3) is 0.345. The van der Waals surface area contributed by atoms with E-state index in [-0.39, 0.29) is 18.4 Å². The maximum Gasteiger partial charge on any atom is 0.397 e. The average molecular weight is 517 g/mol. The second-order valence-electron chi connectivity index (χ2n) is 9.53. The number of halogens is 5. The van der Waals surface area contributed by atoms with Gasteiger partial charge in [-0.05, 0) is 77.7 Å². The molecule has 3 aromatic rings. The molecule has 0 aromatic heterocycles. The van der Waals surface area contributed by atoms with E-state index in [0.29, 0.717) is 18.5 Å². The third-order valence-corrected chi connectivity index (χ3v) is 6.87. The maximum absolute atomic E-state index is 13.9. The van der Waals surface area contributed by atoms with Crippen molar-refractivity contribution >= 4 is 5.91 Å². The van der Waals surface area contributed by atoms with Gasteiger partial charge in [-0.15, -0.1) is 0 Å². The topological polar surface area (TPSA) is 41.1 Å². The highest BCUT2D eigenvalue weighted by atomic mass is 19.4. The number of amides is 1. The van der Waals surface area contributed by atoms with Gasteiger partial charge in [0, 0.05) is 25.1 Å². The fourth-order valence-electron chi connectivity index (χ4n) is 5.23. The van der Waals surface area contributed by atoms with Gasteiger partial charge in [-0.3, -0.25) is 4.79 Å². The zero-order valence-corrected chi connectivity index (χ0v) is 20.5. The molecule has 0 bridgehead atoms. The Morgan fingerprint density at radius 3 is 2.43 bits per heavy atom. The second-order valence-corrected chi connectivity index (χ2v) is 9.53. The molecular weight excluding hydrogens is 487 g/mol. The first-order valence-electron chi connectivity index (χ1n) is 12.3. The summed E-state index contributed by atoms with van der Waals surface area (Å²) >= 11 is 0. The molecular formula is C29H29F5N2O. The number of hydrogen-bond donors (Lipinski definition) is 2. The molecule has 1 aliphatic rings. The minimum Gasteiger partial charge on any atom is -0.355 e. The first-order valence-corrected chi connectivity index (χ1v) is 12.3. The number of nitrogens with one attached hydrogen (secondary N) is 2. The smallest absolute Gasteiger partial charge is 0.355 e. The molecule has 1 heterocycles. The van der Waals surface area contributed by atoms with Crippen molar-refractivity contribution in [3.05, 3.63) is 94.6 Å². The zero-order valence-electron chi connectivity index (χ0n) is 20.5. The Balaban J connectivity index is 1.54. The molecule has 1 saturated heterocycles. The van der Waals surface area contributed by atoms with E-state index >= 15 is 0 Å². The lowest BCUT2D eigenvalue weighted by Gasteiger charge is -2.34. The van der Waals surface area contributed by atoms with Gasteiger partial charge in [0.2, 0.25) is 5.91 Å². The van der Waals surface area contributed by atoms with Gasteiger partial charge in [-0.1, -0.05) is 42.5 Å². The SMILES string of the molecule is Cc1cc(-c2ccccc2CCNC(=O)CC(F)(F)F)ccc1[C@H]1CNCC[C@@H]1c1cc(F)cc(F)c1. The first kappa shape index (κ1) is 26.8. The van der Waals surface area contributed by atoms with Crippen LogP contribution in [0.1, 0.15) is 46.9 Å². The fourth-order valence-corrected chi connectivity index (χ4v) is 5.23. The number of aryl methyl sites for hydroxylation is 1. The summed E-state index contributed by atoms with van der Waals surface area (Å²) < 4.78 is 65.1. The van der Waals surface area contributed by atoms with Crippen molar-refractivity contribution < 1.29 is 26.7 Å². The van der Waals surface area contributed by atoms with Crippen LogP contribution in [0.25, 0.3) is 11.1 Å². The van der Waals surface area contributed by atoms with Gasteiger partial charge in [0.05, 0.1) is 0 Å². The summed E-state index contributed by atoms with van der Waals surface area (Å²) in [6.45, 7) is 3.57. The quantitative estimate of drug-likeness (QED) is 0.356. The highest BCUT2D eigenvalue weighted by Crippen LogP contribution is 2.40. The van der Waals surface area contributed by atoms with Crippen LogP contribution in [-0.2, 0) is 11.2 Å². The van der Waals surface area contributed by atoms with Crippen molar-refractivity contribution in [1.29, 1.82) is 0 Å². The molecule has 4 rings (SSSR count). The number of carbonyl (C=O) groups excluding carboxylic acids is 1. The largest absolute Gasteiger partial charge is 0.397 e. The lowest BCUT2D eigenvalue weighted by atomic mass is 9.75. The first-order chi connectivity index (χ1) is 17.6. The van der Waals surface area contributed by atoms with E-state index < -0.39 is 30.1 Å². The molecule has 196 valence electrons. The Hall–Kier alpha value is -3.26. The van der Waals surface area contributed by atoms with Gasteiger partial charge in [0.1, 0.15) is 18.1 Å². The van der Waals surface area contributed by atoms with Gasteiger partial charge >= 0.3 is 6.18 Å². The third kappa shape index (κ3) is 6.95. The summed E-state index contributed by atoms with van der Waals surface area (Å²) in [5.74, 6) is -2.18. The van der Waals surface area contributed by atoms with E-state index in [0.717, 1.165) is 46.8 Å². The van der Waals surface area contributed by atoms with E-state index in [9.17, 15) is 26.7 Å². The van der Waals surface area contributed by atoms with Gasteiger partial charge in [0.25, 0.3) is 0 Å². The molecule has 2 atom stereocenters. The summed E-state index contributed by atoms with van der Waals surface area (Å²) in [4.78, 5) is 11.5. The maximum atomic E-state index is 13.9. The van der Waals surface area contributed by atoms with Gasteiger partial charge in [0.15, 0.2) is 0 Å². The minimum atomic E-state index is -4.53. The van der Waals surface area contributed by atoms with E-state index in [1.54, 1.807) is 0 Å². The molecule has 0 saturated carbocycles. The number of piperidine rings is 1. The zero-order chi connectivity index (χ0) is 26.6. The minimum absolute atomic E-state index is 0.0244. The van der Waals surface area contributed by atoms with Crippen LogP contribution in [0.15, 0.2) is 60.7 Å². The number of hydrogen-bond acceptors (Lipinski definition) is 2. The highest BCUT2D eigenvalue weighted by Gasteiger charge is 2.31. The van der Waals surface area contributed by atoms with Crippen molar-refractivity contribution in [3.8, 4) is 11.1 Å². The van der Waals surface area contributed by atoms with Crippen molar-refractivity contribution in [2.75, 3.05) is 19.6 Å². The monoisotopic (exact) mass is 516 g/mol. The molecule has 37 heavy (non-hydrogen) atoms. The summed E-state index contributed by atoms with van der Waals surface area (Å²) in [6.07, 6.45) is -4.87. The Labute approximate surface area is 213 Å². The number of benzene rings is 3. The Kier molecular flexibility index (Phi) is 8.27. The number of carbonyl (C=O) groups is 1. The average Bonchev–Trinajstić information content (AvgIpc) is 2.83. The summed E-state index contributed by atoms with van der Waals surface area (Å²) in [7, 11) is 0. The molecule has 3 aromatic carbocycles. The molecule has 0 unspecified atom stereocenters. The molecule has 1 aliphatic heterocycles. The molecule has 8 heteroatoms. The van der Waals surface area contributed by atoms with E-state index in [4.69, 9.17) is 0 Å². The molecule has 1 fully saturated rings. The van der Waals surface area contributed by atoms with E-state index in [1.807, 2.05) is 43.3 Å². The molecule has 0 spiro atoms.